The highest BCUT2D eigenvalue weighted by atomic mass is 16.5. The molecule has 1 unspecified atom stereocenters. The molecule has 12 heteroatoms. The van der Waals surface area contributed by atoms with Crippen LogP contribution in [-0.2, 0) is 20.1 Å². The van der Waals surface area contributed by atoms with Crippen LogP contribution in [-0.4, -0.2) is 82.0 Å². The molecule has 5 heterocycles. The van der Waals surface area contributed by atoms with Crippen LogP contribution in [0.1, 0.15) is 41.1 Å². The van der Waals surface area contributed by atoms with Gasteiger partial charge in [-0.1, -0.05) is 120 Å². The SMILES string of the molecule is CC(Cc1ccccc1)N1CCN(C(c2ccccc2)c2ccccc2)CC1.Cc1cc(-c2nnc3c4ccccc4c(OCc4cn(C)nn4)nn23)no1. The Morgan fingerprint density at radius 2 is 1.35 bits per heavy atom. The largest absolute Gasteiger partial charge is 0.470 e. The quantitative estimate of drug-likeness (QED) is 0.146. The van der Waals surface area contributed by atoms with Crippen LogP contribution in [0.5, 0.6) is 5.88 Å². The van der Waals surface area contributed by atoms with Gasteiger partial charge >= 0.3 is 0 Å². The minimum absolute atomic E-state index is 0.247. The molecule has 0 saturated carbocycles. The van der Waals surface area contributed by atoms with Gasteiger partial charge in [-0.25, -0.2) is 0 Å². The van der Waals surface area contributed by atoms with Crippen LogP contribution in [0.2, 0.25) is 0 Å². The molecule has 1 saturated heterocycles. The molecule has 12 nitrogen and oxygen atoms in total. The summed E-state index contributed by atoms with van der Waals surface area (Å²) < 4.78 is 14.3. The molecule has 0 aliphatic carbocycles. The Bertz CT molecular complexity index is 2400. The predicted molar refractivity (Wildman–Crippen MR) is 211 cm³/mol. The summed E-state index contributed by atoms with van der Waals surface area (Å²) in [6.45, 7) is 8.90. The summed E-state index contributed by atoms with van der Waals surface area (Å²) in [7, 11) is 1.81. The van der Waals surface area contributed by atoms with E-state index in [0.717, 1.165) is 43.4 Å². The van der Waals surface area contributed by atoms with E-state index in [1.807, 2.05) is 31.2 Å². The summed E-state index contributed by atoms with van der Waals surface area (Å²) in [4.78, 5) is 5.30. The molecule has 1 fully saturated rings. The molecule has 278 valence electrons. The molecule has 8 aromatic rings. The lowest BCUT2D eigenvalue weighted by atomic mass is 9.96. The Labute approximate surface area is 320 Å². The Morgan fingerprint density at radius 1 is 0.727 bits per heavy atom. The first kappa shape index (κ1) is 35.8. The molecular formula is C43H44N10O2. The van der Waals surface area contributed by atoms with Gasteiger partial charge in [0.1, 0.15) is 18.1 Å². The molecule has 0 bridgehead atoms. The van der Waals surface area contributed by atoms with Crippen molar-refractivity contribution in [2.45, 2.75) is 39.0 Å². The van der Waals surface area contributed by atoms with Crippen LogP contribution >= 0.6 is 0 Å². The fourth-order valence-corrected chi connectivity index (χ4v) is 7.30. The zero-order chi connectivity index (χ0) is 37.6. The highest BCUT2D eigenvalue weighted by Crippen LogP contribution is 2.31. The number of benzene rings is 4. The van der Waals surface area contributed by atoms with Crippen LogP contribution in [0.25, 0.3) is 27.9 Å². The summed E-state index contributed by atoms with van der Waals surface area (Å²) >= 11 is 0. The third-order valence-corrected chi connectivity index (χ3v) is 10.0. The average Bonchev–Trinajstić information content (AvgIpc) is 3.98. The Balaban J connectivity index is 0.000000155. The number of hydrogen-bond acceptors (Lipinski definition) is 10. The lowest BCUT2D eigenvalue weighted by molar-refractivity contribution is 0.0840. The van der Waals surface area contributed by atoms with Gasteiger partial charge in [-0.2, -0.15) is 4.52 Å². The first-order valence-corrected chi connectivity index (χ1v) is 18.7. The molecule has 55 heavy (non-hydrogen) atoms. The van der Waals surface area contributed by atoms with Crippen LogP contribution in [0.15, 0.2) is 132 Å². The van der Waals surface area contributed by atoms with Gasteiger partial charge in [0.2, 0.25) is 11.7 Å². The van der Waals surface area contributed by atoms with E-state index in [1.54, 1.807) is 28.5 Å². The number of fused-ring (bicyclic) bond motifs is 3. The standard InChI is InChI=1S/C26H30N2.C17H14N8O2/c1-22(21-23-11-5-2-6-12-23)27-17-19-28(20-18-27)26(24-13-7-3-8-14-24)25-15-9-4-10-16-25;1-10-7-14(22-27-10)16-20-19-15-12-5-3-4-6-13(12)17(21-25(15)16)26-9-11-8-24(2)23-18-11/h2-16,22,26H,17-21H2,1H3;3-8H,9H2,1-2H3. The third kappa shape index (κ3) is 8.15. The first-order chi connectivity index (χ1) is 27.0. The minimum atomic E-state index is 0.247. The van der Waals surface area contributed by atoms with Crippen molar-refractivity contribution >= 4 is 16.4 Å². The van der Waals surface area contributed by atoms with Crippen molar-refractivity contribution in [3.05, 3.63) is 156 Å². The number of aryl methyl sites for hydroxylation is 2. The second-order valence-electron chi connectivity index (χ2n) is 13.9. The second kappa shape index (κ2) is 16.4. The summed E-state index contributed by atoms with van der Waals surface area (Å²) in [6.07, 6.45) is 2.92. The molecule has 1 aliphatic rings. The highest BCUT2D eigenvalue weighted by Gasteiger charge is 2.28. The normalized spacial score (nSPS) is 14.3. The molecule has 0 N–H and O–H groups in total. The van der Waals surface area contributed by atoms with Crippen molar-refractivity contribution in [2.75, 3.05) is 26.2 Å². The molecule has 1 atom stereocenters. The molecular weight excluding hydrogens is 689 g/mol. The Morgan fingerprint density at radius 3 is 1.96 bits per heavy atom. The molecule has 0 spiro atoms. The zero-order valence-electron chi connectivity index (χ0n) is 31.3. The number of hydrogen-bond donors (Lipinski definition) is 0. The topological polar surface area (TPSA) is 116 Å². The van der Waals surface area contributed by atoms with E-state index < -0.39 is 0 Å². The van der Waals surface area contributed by atoms with Gasteiger partial charge in [0, 0.05) is 56.1 Å². The summed E-state index contributed by atoms with van der Waals surface area (Å²) in [5.74, 6) is 1.61. The number of aromatic nitrogens is 8. The second-order valence-corrected chi connectivity index (χ2v) is 13.9. The van der Waals surface area contributed by atoms with Crippen molar-refractivity contribution in [3.8, 4) is 17.4 Å². The fraction of sp³-hybridized carbons (Fsp3) is 0.256. The molecule has 9 rings (SSSR count). The third-order valence-electron chi connectivity index (χ3n) is 10.0. The van der Waals surface area contributed by atoms with Crippen LogP contribution < -0.4 is 4.74 Å². The summed E-state index contributed by atoms with van der Waals surface area (Å²) in [5.41, 5.74) is 6.10. The highest BCUT2D eigenvalue weighted by molar-refractivity contribution is 5.96. The van der Waals surface area contributed by atoms with Gasteiger partial charge in [-0.3, -0.25) is 14.5 Å². The van der Waals surface area contributed by atoms with Crippen molar-refractivity contribution in [3.63, 3.8) is 0 Å². The smallest absolute Gasteiger partial charge is 0.240 e. The van der Waals surface area contributed by atoms with E-state index >= 15 is 0 Å². The molecule has 1 aliphatic heterocycles. The van der Waals surface area contributed by atoms with Crippen molar-refractivity contribution in [1.82, 2.24) is 49.8 Å². The van der Waals surface area contributed by atoms with Gasteiger partial charge < -0.3 is 9.26 Å². The maximum atomic E-state index is 5.95. The van der Waals surface area contributed by atoms with E-state index in [1.165, 1.54) is 16.7 Å². The van der Waals surface area contributed by atoms with E-state index in [4.69, 9.17) is 9.26 Å². The summed E-state index contributed by atoms with van der Waals surface area (Å²) in [6, 6.07) is 43.2. The number of piperazine rings is 1. The monoisotopic (exact) mass is 732 g/mol. The predicted octanol–water partition coefficient (Wildman–Crippen LogP) is 6.97. The van der Waals surface area contributed by atoms with E-state index in [0.29, 0.717) is 46.6 Å². The van der Waals surface area contributed by atoms with E-state index in [-0.39, 0.29) is 6.61 Å². The average molecular weight is 733 g/mol. The van der Waals surface area contributed by atoms with E-state index in [9.17, 15) is 0 Å². The minimum Gasteiger partial charge on any atom is -0.470 e. The van der Waals surface area contributed by atoms with Crippen LogP contribution in [0.4, 0.5) is 0 Å². The zero-order valence-corrected chi connectivity index (χ0v) is 31.3. The first-order valence-electron chi connectivity index (χ1n) is 18.7. The maximum absolute atomic E-state index is 5.95. The molecule has 4 aromatic heterocycles. The molecule has 0 amide bonds. The maximum Gasteiger partial charge on any atom is 0.240 e. The Kier molecular flexibility index (Phi) is 10.7. The number of ether oxygens (including phenoxy) is 1. The number of nitrogens with zero attached hydrogens (tertiary/aromatic N) is 10. The van der Waals surface area contributed by atoms with Crippen molar-refractivity contribution in [1.29, 1.82) is 0 Å². The van der Waals surface area contributed by atoms with Crippen LogP contribution in [0, 0.1) is 6.92 Å². The lowest BCUT2D eigenvalue weighted by Gasteiger charge is -2.42. The van der Waals surface area contributed by atoms with Gasteiger partial charge in [0.05, 0.1) is 12.2 Å². The van der Waals surface area contributed by atoms with Gasteiger partial charge in [0.25, 0.3) is 0 Å². The van der Waals surface area contributed by atoms with Crippen LogP contribution in [0.3, 0.4) is 0 Å². The molecule has 0 radical (unpaired) electrons. The van der Waals surface area contributed by atoms with Crippen molar-refractivity contribution in [2.24, 2.45) is 7.05 Å². The van der Waals surface area contributed by atoms with Gasteiger partial charge in [-0.15, -0.1) is 20.4 Å². The fourth-order valence-electron chi connectivity index (χ4n) is 7.30. The van der Waals surface area contributed by atoms with Gasteiger partial charge in [0.15, 0.2) is 11.3 Å². The number of rotatable bonds is 10. The van der Waals surface area contributed by atoms with Crippen molar-refractivity contribution < 1.29 is 9.26 Å². The Hall–Kier alpha value is -6.24. The van der Waals surface area contributed by atoms with E-state index in [2.05, 4.69) is 138 Å². The lowest BCUT2D eigenvalue weighted by Crippen LogP contribution is -2.51. The van der Waals surface area contributed by atoms with Gasteiger partial charge in [-0.05, 0) is 43.0 Å². The molecule has 4 aromatic carbocycles. The summed E-state index contributed by atoms with van der Waals surface area (Å²) in [5, 5.41) is 26.8.